The van der Waals surface area contributed by atoms with Crippen molar-refractivity contribution in [3.05, 3.63) is 62.1 Å². The molecule has 0 spiro atoms. The molecule has 0 unspecified atom stereocenters. The summed E-state index contributed by atoms with van der Waals surface area (Å²) in [6.45, 7) is 5.08. The van der Waals surface area contributed by atoms with Crippen LogP contribution >= 0.6 is 38.5 Å². The normalized spacial score (nSPS) is 12.3. The average Bonchev–Trinajstić information content (AvgIpc) is 2.69. The average molecular weight is 636 g/mol. The van der Waals surface area contributed by atoms with Crippen LogP contribution in [0.4, 0.5) is 5.69 Å². The predicted molar refractivity (Wildman–Crippen MR) is 139 cm³/mol. The fraction of sp³-hybridized carbons (Fsp3) is 0.364. The third-order valence-corrected chi connectivity index (χ3v) is 6.99. The van der Waals surface area contributed by atoms with Crippen LogP contribution in [0.2, 0.25) is 0 Å². The van der Waals surface area contributed by atoms with Crippen molar-refractivity contribution >= 4 is 66.0 Å². The molecule has 2 rings (SSSR count). The molecule has 10 heteroatoms. The highest BCUT2D eigenvalue weighted by Crippen LogP contribution is 2.21. The van der Waals surface area contributed by atoms with Crippen molar-refractivity contribution in [2.24, 2.45) is 0 Å². The monoisotopic (exact) mass is 635 g/mol. The van der Waals surface area contributed by atoms with Crippen molar-refractivity contribution in [1.29, 1.82) is 0 Å². The van der Waals surface area contributed by atoms with Gasteiger partial charge in [-0.2, -0.15) is 0 Å². The van der Waals surface area contributed by atoms with Gasteiger partial charge in [0.1, 0.15) is 12.6 Å². The van der Waals surface area contributed by atoms with Crippen LogP contribution < -0.4 is 9.62 Å². The molecule has 0 heterocycles. The zero-order valence-corrected chi connectivity index (χ0v) is 22.9. The second-order valence-electron chi connectivity index (χ2n) is 7.74. The summed E-state index contributed by atoms with van der Waals surface area (Å²) >= 11 is 5.55. The molecule has 1 N–H and O–H groups in total. The number of benzene rings is 2. The molecule has 2 amide bonds. The largest absolute Gasteiger partial charge is 0.352 e. The Morgan fingerprint density at radius 2 is 1.72 bits per heavy atom. The Morgan fingerprint density at radius 1 is 1.09 bits per heavy atom. The molecule has 0 aliphatic carbocycles. The summed E-state index contributed by atoms with van der Waals surface area (Å²) in [5.41, 5.74) is 1.21. The van der Waals surface area contributed by atoms with Crippen molar-refractivity contribution in [3.8, 4) is 0 Å². The minimum atomic E-state index is -3.73. The van der Waals surface area contributed by atoms with Gasteiger partial charge in [0.2, 0.25) is 21.8 Å². The third-order valence-electron chi connectivity index (χ3n) is 4.63. The first kappa shape index (κ1) is 26.6. The Morgan fingerprint density at radius 3 is 2.25 bits per heavy atom. The lowest BCUT2D eigenvalue weighted by Gasteiger charge is -2.32. The lowest BCUT2D eigenvalue weighted by Crippen LogP contribution is -2.52. The van der Waals surface area contributed by atoms with Gasteiger partial charge in [0, 0.05) is 20.6 Å². The summed E-state index contributed by atoms with van der Waals surface area (Å²) < 4.78 is 27.8. The SMILES string of the molecule is CC(C)NC(=O)[C@H](C)N(Cc1cccc(Br)c1)C(=O)CN(c1ccc(I)cc1)S(C)(=O)=O. The van der Waals surface area contributed by atoms with Crippen molar-refractivity contribution in [1.82, 2.24) is 10.2 Å². The number of nitrogens with one attached hydrogen (secondary N) is 1. The van der Waals surface area contributed by atoms with Gasteiger partial charge in [0.15, 0.2) is 0 Å². The van der Waals surface area contributed by atoms with Gasteiger partial charge < -0.3 is 10.2 Å². The number of amides is 2. The summed E-state index contributed by atoms with van der Waals surface area (Å²) in [5, 5.41) is 2.82. The van der Waals surface area contributed by atoms with E-state index in [0.717, 1.165) is 24.2 Å². The van der Waals surface area contributed by atoms with E-state index in [9.17, 15) is 18.0 Å². The first-order valence-electron chi connectivity index (χ1n) is 9.96. The summed E-state index contributed by atoms with van der Waals surface area (Å²) in [6.07, 6.45) is 1.06. The Balaban J connectivity index is 2.38. The van der Waals surface area contributed by atoms with E-state index in [-0.39, 0.29) is 18.5 Å². The number of hydrogen-bond donors (Lipinski definition) is 1. The molecule has 0 aliphatic rings. The molecule has 0 saturated carbocycles. The lowest BCUT2D eigenvalue weighted by atomic mass is 10.1. The molecular weight excluding hydrogens is 609 g/mol. The van der Waals surface area contributed by atoms with Gasteiger partial charge in [0.25, 0.3) is 0 Å². The molecule has 32 heavy (non-hydrogen) atoms. The highest BCUT2D eigenvalue weighted by molar-refractivity contribution is 14.1. The molecule has 7 nitrogen and oxygen atoms in total. The maximum atomic E-state index is 13.4. The molecule has 2 aromatic carbocycles. The van der Waals surface area contributed by atoms with Gasteiger partial charge >= 0.3 is 0 Å². The van der Waals surface area contributed by atoms with E-state index in [4.69, 9.17) is 0 Å². The van der Waals surface area contributed by atoms with Crippen molar-refractivity contribution in [3.63, 3.8) is 0 Å². The van der Waals surface area contributed by atoms with E-state index < -0.39 is 28.5 Å². The fourth-order valence-electron chi connectivity index (χ4n) is 3.04. The van der Waals surface area contributed by atoms with Crippen LogP contribution in [0.5, 0.6) is 0 Å². The Kier molecular flexibility index (Phi) is 9.53. The van der Waals surface area contributed by atoms with Crippen molar-refractivity contribution < 1.29 is 18.0 Å². The highest BCUT2D eigenvalue weighted by atomic mass is 127. The predicted octanol–water partition coefficient (Wildman–Crippen LogP) is 3.76. The summed E-state index contributed by atoms with van der Waals surface area (Å²) in [4.78, 5) is 27.5. The quantitative estimate of drug-likeness (QED) is 0.425. The summed E-state index contributed by atoms with van der Waals surface area (Å²) in [7, 11) is -3.73. The topological polar surface area (TPSA) is 86.8 Å². The zero-order chi connectivity index (χ0) is 24.1. The number of sulfonamides is 1. The molecule has 0 bridgehead atoms. The lowest BCUT2D eigenvalue weighted by molar-refractivity contribution is -0.139. The van der Waals surface area contributed by atoms with Gasteiger partial charge in [0.05, 0.1) is 11.9 Å². The molecule has 0 saturated heterocycles. The van der Waals surface area contributed by atoms with E-state index in [1.165, 1.54) is 4.90 Å². The molecule has 0 radical (unpaired) electrons. The number of carbonyl (C=O) groups excluding carboxylic acids is 2. The van der Waals surface area contributed by atoms with Gasteiger partial charge in [-0.25, -0.2) is 8.42 Å². The maximum Gasteiger partial charge on any atom is 0.244 e. The van der Waals surface area contributed by atoms with Gasteiger partial charge in [-0.15, -0.1) is 0 Å². The molecule has 1 atom stereocenters. The number of hydrogen-bond acceptors (Lipinski definition) is 4. The minimum Gasteiger partial charge on any atom is -0.352 e. The molecular formula is C22H27BrIN3O4S. The summed E-state index contributed by atoms with van der Waals surface area (Å²) in [5.74, 6) is -0.774. The van der Waals surface area contributed by atoms with E-state index in [0.29, 0.717) is 5.69 Å². The first-order chi connectivity index (χ1) is 14.9. The van der Waals surface area contributed by atoms with Crippen LogP contribution in [0.3, 0.4) is 0 Å². The van der Waals surface area contributed by atoms with Crippen molar-refractivity contribution in [2.75, 3.05) is 17.1 Å². The molecule has 2 aromatic rings. The molecule has 0 fully saturated rings. The number of carbonyl (C=O) groups is 2. The zero-order valence-electron chi connectivity index (χ0n) is 18.4. The van der Waals surface area contributed by atoms with E-state index in [2.05, 4.69) is 43.8 Å². The number of anilines is 1. The van der Waals surface area contributed by atoms with Crippen LogP contribution in [0, 0.1) is 3.57 Å². The standard InChI is InChI=1S/C22H27BrIN3O4S/c1-15(2)25-22(29)16(3)26(13-17-6-5-7-18(23)12-17)21(28)14-27(32(4,30)31)20-10-8-19(24)9-11-20/h5-12,15-16H,13-14H2,1-4H3,(H,25,29)/t16-/m0/s1. The molecule has 0 aromatic heterocycles. The second kappa shape index (κ2) is 11.5. The third kappa shape index (κ3) is 7.73. The van der Waals surface area contributed by atoms with Crippen LogP contribution in [-0.4, -0.2) is 50.0 Å². The van der Waals surface area contributed by atoms with Crippen LogP contribution in [-0.2, 0) is 26.2 Å². The molecule has 174 valence electrons. The van der Waals surface area contributed by atoms with Crippen LogP contribution in [0.1, 0.15) is 26.3 Å². The molecule has 0 aliphatic heterocycles. The summed E-state index contributed by atoms with van der Waals surface area (Å²) in [6, 6.07) is 13.4. The van der Waals surface area contributed by atoms with Gasteiger partial charge in [-0.05, 0) is 85.3 Å². The highest BCUT2D eigenvalue weighted by Gasteiger charge is 2.30. The number of nitrogens with zero attached hydrogens (tertiary/aromatic N) is 2. The van der Waals surface area contributed by atoms with E-state index in [1.54, 1.807) is 31.2 Å². The van der Waals surface area contributed by atoms with E-state index >= 15 is 0 Å². The van der Waals surface area contributed by atoms with Gasteiger partial charge in [-0.1, -0.05) is 28.1 Å². The fourth-order valence-corrected chi connectivity index (χ4v) is 4.70. The Bertz CT molecular complexity index is 1060. The minimum absolute atomic E-state index is 0.0907. The van der Waals surface area contributed by atoms with E-state index in [1.807, 2.05) is 38.1 Å². The van der Waals surface area contributed by atoms with Crippen LogP contribution in [0.25, 0.3) is 0 Å². The Hall–Kier alpha value is -1.66. The Labute approximate surface area is 211 Å². The maximum absolute atomic E-state index is 13.4. The second-order valence-corrected chi connectivity index (χ2v) is 11.8. The van der Waals surface area contributed by atoms with Crippen LogP contribution in [0.15, 0.2) is 53.0 Å². The number of rotatable bonds is 9. The van der Waals surface area contributed by atoms with Gasteiger partial charge in [-0.3, -0.25) is 13.9 Å². The van der Waals surface area contributed by atoms with Crippen molar-refractivity contribution in [2.45, 2.75) is 39.4 Å². The smallest absolute Gasteiger partial charge is 0.244 e. The number of halogens is 2. The first-order valence-corrected chi connectivity index (χ1v) is 13.7.